The van der Waals surface area contributed by atoms with E-state index in [-0.39, 0.29) is 6.04 Å². The minimum Gasteiger partial charge on any atom is -0.438 e. The van der Waals surface area contributed by atoms with Crippen LogP contribution in [0, 0.1) is 6.92 Å². The molecular formula is C15H14N2O. The van der Waals surface area contributed by atoms with Gasteiger partial charge in [0, 0.05) is 0 Å². The van der Waals surface area contributed by atoms with Crippen LogP contribution in [0.25, 0.3) is 11.1 Å². The van der Waals surface area contributed by atoms with Gasteiger partial charge in [0.1, 0.15) is 11.6 Å². The summed E-state index contributed by atoms with van der Waals surface area (Å²) in [5.41, 5.74) is 9.93. The molecule has 0 aliphatic rings. The Hall–Kier alpha value is -2.13. The van der Waals surface area contributed by atoms with Gasteiger partial charge in [-0.05, 0) is 24.1 Å². The number of aromatic nitrogens is 1. The third kappa shape index (κ3) is 1.79. The Morgan fingerprint density at radius 1 is 1.06 bits per heavy atom. The molecule has 0 spiro atoms. The lowest BCUT2D eigenvalue weighted by molar-refractivity contribution is 0.503. The largest absolute Gasteiger partial charge is 0.438 e. The molecule has 0 saturated carbocycles. The number of aryl methyl sites for hydroxylation is 1. The van der Waals surface area contributed by atoms with Crippen LogP contribution in [0.5, 0.6) is 0 Å². The van der Waals surface area contributed by atoms with E-state index in [2.05, 4.69) is 4.98 Å². The van der Waals surface area contributed by atoms with Gasteiger partial charge in [-0.25, -0.2) is 4.98 Å². The maximum absolute atomic E-state index is 6.17. The number of rotatable bonds is 2. The molecule has 0 bridgehead atoms. The first-order valence-corrected chi connectivity index (χ1v) is 5.92. The van der Waals surface area contributed by atoms with Crippen LogP contribution in [0.15, 0.2) is 52.9 Å². The fourth-order valence-corrected chi connectivity index (χ4v) is 2.04. The summed E-state index contributed by atoms with van der Waals surface area (Å²) < 4.78 is 5.78. The average molecular weight is 238 g/mol. The lowest BCUT2D eigenvalue weighted by atomic mass is 10.1. The zero-order chi connectivity index (χ0) is 12.5. The molecule has 0 amide bonds. The highest BCUT2D eigenvalue weighted by Gasteiger charge is 2.16. The summed E-state index contributed by atoms with van der Waals surface area (Å²) in [5, 5.41) is 0. The third-order valence-electron chi connectivity index (χ3n) is 3.05. The van der Waals surface area contributed by atoms with Crippen LogP contribution in [-0.4, -0.2) is 4.98 Å². The first-order chi connectivity index (χ1) is 8.75. The molecule has 18 heavy (non-hydrogen) atoms. The van der Waals surface area contributed by atoms with Crippen molar-refractivity contribution in [2.24, 2.45) is 5.73 Å². The van der Waals surface area contributed by atoms with Gasteiger partial charge < -0.3 is 10.2 Å². The summed E-state index contributed by atoms with van der Waals surface area (Å²) in [6, 6.07) is 15.4. The minimum absolute atomic E-state index is 0.321. The summed E-state index contributed by atoms with van der Waals surface area (Å²) >= 11 is 0. The normalized spacial score (nSPS) is 12.8. The van der Waals surface area contributed by atoms with Crippen molar-refractivity contribution in [3.63, 3.8) is 0 Å². The van der Waals surface area contributed by atoms with E-state index in [9.17, 15) is 0 Å². The van der Waals surface area contributed by atoms with Crippen molar-refractivity contribution in [3.05, 3.63) is 65.5 Å². The fourth-order valence-electron chi connectivity index (χ4n) is 2.04. The molecule has 2 aromatic carbocycles. The van der Waals surface area contributed by atoms with Gasteiger partial charge in [0.05, 0.1) is 0 Å². The van der Waals surface area contributed by atoms with Crippen LogP contribution in [0.2, 0.25) is 0 Å². The molecule has 1 unspecified atom stereocenters. The quantitative estimate of drug-likeness (QED) is 0.746. The van der Waals surface area contributed by atoms with Gasteiger partial charge in [-0.3, -0.25) is 0 Å². The zero-order valence-corrected chi connectivity index (χ0v) is 10.1. The Kier molecular flexibility index (Phi) is 2.61. The Morgan fingerprint density at radius 3 is 2.56 bits per heavy atom. The summed E-state index contributed by atoms with van der Waals surface area (Å²) in [6.45, 7) is 2.01. The van der Waals surface area contributed by atoms with Crippen LogP contribution < -0.4 is 5.73 Å². The number of oxazole rings is 1. The van der Waals surface area contributed by atoms with Crippen molar-refractivity contribution < 1.29 is 4.42 Å². The van der Waals surface area contributed by atoms with Crippen molar-refractivity contribution in [2.45, 2.75) is 13.0 Å². The lowest BCUT2D eigenvalue weighted by Crippen LogP contribution is -2.11. The first-order valence-electron chi connectivity index (χ1n) is 5.92. The molecule has 90 valence electrons. The zero-order valence-electron chi connectivity index (χ0n) is 10.1. The Morgan fingerprint density at radius 2 is 1.83 bits per heavy atom. The number of hydrogen-bond acceptors (Lipinski definition) is 3. The van der Waals surface area contributed by atoms with Crippen molar-refractivity contribution in [3.8, 4) is 0 Å². The first kappa shape index (κ1) is 11.0. The number of benzene rings is 2. The Labute approximate surface area is 105 Å². The highest BCUT2D eigenvalue weighted by molar-refractivity contribution is 5.76. The minimum atomic E-state index is -0.321. The van der Waals surface area contributed by atoms with Crippen LogP contribution in [-0.2, 0) is 0 Å². The molecule has 1 atom stereocenters. The van der Waals surface area contributed by atoms with Crippen molar-refractivity contribution in [1.29, 1.82) is 0 Å². The molecule has 2 N–H and O–H groups in total. The second-order valence-electron chi connectivity index (χ2n) is 4.36. The van der Waals surface area contributed by atoms with Gasteiger partial charge >= 0.3 is 0 Å². The molecule has 0 aliphatic heterocycles. The van der Waals surface area contributed by atoms with Crippen LogP contribution in [0.4, 0.5) is 0 Å². The van der Waals surface area contributed by atoms with E-state index in [0.29, 0.717) is 5.89 Å². The van der Waals surface area contributed by atoms with Crippen molar-refractivity contribution in [2.75, 3.05) is 0 Å². The Bertz CT molecular complexity index is 673. The SMILES string of the molecule is Cc1cccc2nc(C(N)c3ccccc3)oc12. The lowest BCUT2D eigenvalue weighted by Gasteiger charge is -2.06. The number of hydrogen-bond donors (Lipinski definition) is 1. The summed E-state index contributed by atoms with van der Waals surface area (Å²) in [5.74, 6) is 0.561. The highest BCUT2D eigenvalue weighted by Crippen LogP contribution is 2.25. The maximum atomic E-state index is 6.17. The van der Waals surface area contributed by atoms with Gasteiger partial charge in [-0.15, -0.1) is 0 Å². The molecule has 0 saturated heterocycles. The van der Waals surface area contributed by atoms with E-state index in [0.717, 1.165) is 22.2 Å². The number of nitrogens with zero attached hydrogens (tertiary/aromatic N) is 1. The molecule has 0 aliphatic carbocycles. The van der Waals surface area contributed by atoms with E-state index in [1.807, 2.05) is 55.5 Å². The molecule has 0 fully saturated rings. The molecule has 3 aromatic rings. The monoisotopic (exact) mass is 238 g/mol. The smallest absolute Gasteiger partial charge is 0.217 e. The molecule has 1 heterocycles. The van der Waals surface area contributed by atoms with Crippen molar-refractivity contribution >= 4 is 11.1 Å². The average Bonchev–Trinajstić information content (AvgIpc) is 2.84. The Balaban J connectivity index is 2.07. The second kappa shape index (κ2) is 4.27. The molecular weight excluding hydrogens is 224 g/mol. The molecule has 3 heteroatoms. The summed E-state index contributed by atoms with van der Waals surface area (Å²) in [7, 11) is 0. The van der Waals surface area contributed by atoms with Gasteiger partial charge in [0.15, 0.2) is 5.58 Å². The standard InChI is InChI=1S/C15H14N2O/c1-10-6-5-9-12-14(10)18-15(17-12)13(16)11-7-3-2-4-8-11/h2-9,13H,16H2,1H3. The van der Waals surface area contributed by atoms with E-state index in [1.165, 1.54) is 0 Å². The summed E-state index contributed by atoms with van der Waals surface area (Å²) in [4.78, 5) is 4.46. The predicted molar refractivity (Wildman–Crippen MR) is 71.2 cm³/mol. The number of fused-ring (bicyclic) bond motifs is 1. The maximum Gasteiger partial charge on any atom is 0.217 e. The predicted octanol–water partition coefficient (Wildman–Crippen LogP) is 3.18. The topological polar surface area (TPSA) is 52.0 Å². The molecule has 1 aromatic heterocycles. The molecule has 3 rings (SSSR count). The highest BCUT2D eigenvalue weighted by atomic mass is 16.3. The van der Waals surface area contributed by atoms with E-state index >= 15 is 0 Å². The van der Waals surface area contributed by atoms with Gasteiger partial charge in [-0.2, -0.15) is 0 Å². The van der Waals surface area contributed by atoms with E-state index < -0.39 is 0 Å². The number of para-hydroxylation sites is 1. The molecule has 3 nitrogen and oxygen atoms in total. The van der Waals surface area contributed by atoms with Crippen LogP contribution in [0.3, 0.4) is 0 Å². The third-order valence-corrected chi connectivity index (χ3v) is 3.05. The second-order valence-corrected chi connectivity index (χ2v) is 4.36. The van der Waals surface area contributed by atoms with E-state index in [1.54, 1.807) is 0 Å². The summed E-state index contributed by atoms with van der Waals surface area (Å²) in [6.07, 6.45) is 0. The molecule has 0 radical (unpaired) electrons. The van der Waals surface area contributed by atoms with Gasteiger partial charge in [0.25, 0.3) is 0 Å². The van der Waals surface area contributed by atoms with Crippen molar-refractivity contribution in [1.82, 2.24) is 4.98 Å². The number of nitrogens with two attached hydrogens (primary N) is 1. The van der Waals surface area contributed by atoms with Gasteiger partial charge in [0.2, 0.25) is 5.89 Å². The van der Waals surface area contributed by atoms with Crippen LogP contribution in [0.1, 0.15) is 23.1 Å². The van der Waals surface area contributed by atoms with E-state index in [4.69, 9.17) is 10.2 Å². The van der Waals surface area contributed by atoms with Crippen LogP contribution >= 0.6 is 0 Å². The fraction of sp³-hybridized carbons (Fsp3) is 0.133. The van der Waals surface area contributed by atoms with Gasteiger partial charge in [-0.1, -0.05) is 42.5 Å².